The number of carbonyl (C=O) groups excluding carboxylic acids is 2. The molecule has 1 aliphatic carbocycles. The summed E-state index contributed by atoms with van der Waals surface area (Å²) in [5.41, 5.74) is 3.66. The van der Waals surface area contributed by atoms with E-state index in [2.05, 4.69) is 11.2 Å². The van der Waals surface area contributed by atoms with E-state index >= 15 is 0 Å². The van der Waals surface area contributed by atoms with Crippen LogP contribution in [0.25, 0.3) is 0 Å². The molecule has 0 bridgehead atoms. The van der Waals surface area contributed by atoms with Crippen LogP contribution in [-0.2, 0) is 24.2 Å². The molecule has 0 saturated heterocycles. The molecule has 3 aromatic rings. The molecule has 5 nitrogen and oxygen atoms in total. The maximum atomic E-state index is 12.6. The summed E-state index contributed by atoms with van der Waals surface area (Å²) in [7, 11) is 0. The quantitative estimate of drug-likeness (QED) is 0.360. The van der Waals surface area contributed by atoms with Crippen molar-refractivity contribution in [3.8, 4) is 5.75 Å². The molecule has 1 heterocycles. The van der Waals surface area contributed by atoms with Gasteiger partial charge in [0.15, 0.2) is 5.78 Å². The average molecular weight is 388 g/mol. The van der Waals surface area contributed by atoms with Crippen molar-refractivity contribution in [1.29, 1.82) is 0 Å². The number of ketones is 1. The van der Waals surface area contributed by atoms with Gasteiger partial charge in [-0.3, -0.25) is 14.3 Å². The number of carbonyl (C=O) groups is 2. The van der Waals surface area contributed by atoms with Gasteiger partial charge in [-0.25, -0.2) is 0 Å². The lowest BCUT2D eigenvalue weighted by molar-refractivity contribution is -0.134. The van der Waals surface area contributed by atoms with Crippen LogP contribution in [-0.4, -0.2) is 21.5 Å². The molecule has 0 amide bonds. The van der Waals surface area contributed by atoms with Crippen LogP contribution in [0.15, 0.2) is 60.9 Å². The van der Waals surface area contributed by atoms with Gasteiger partial charge in [0.1, 0.15) is 5.75 Å². The van der Waals surface area contributed by atoms with Gasteiger partial charge >= 0.3 is 5.97 Å². The highest BCUT2D eigenvalue weighted by molar-refractivity contribution is 6.08. The van der Waals surface area contributed by atoms with Crippen LogP contribution in [0.2, 0.25) is 0 Å². The van der Waals surface area contributed by atoms with Crippen LogP contribution >= 0.6 is 0 Å². The van der Waals surface area contributed by atoms with Gasteiger partial charge in [0.05, 0.1) is 11.8 Å². The Hall–Kier alpha value is -3.21. The standard InChI is InChI=1S/C24H24N2O3/c1-2-23(27)29-22-10-6-9-19-13-17(11-12-21(19)22)15-26-16-20(14-25-26)24(28)18-7-4-3-5-8-18/h3-10,14,16-17H,2,11-13,15H2,1H3. The predicted octanol–water partition coefficient (Wildman–Crippen LogP) is 4.23. The Morgan fingerprint density at radius 3 is 2.72 bits per heavy atom. The summed E-state index contributed by atoms with van der Waals surface area (Å²) in [5.74, 6) is 0.919. The van der Waals surface area contributed by atoms with Gasteiger partial charge in [0, 0.05) is 24.7 Å². The smallest absolute Gasteiger partial charge is 0.310 e. The van der Waals surface area contributed by atoms with Crippen molar-refractivity contribution in [3.63, 3.8) is 0 Å². The molecule has 29 heavy (non-hydrogen) atoms. The summed E-state index contributed by atoms with van der Waals surface area (Å²) in [5, 5.41) is 4.41. The zero-order valence-corrected chi connectivity index (χ0v) is 16.5. The van der Waals surface area contributed by atoms with E-state index in [1.165, 1.54) is 5.56 Å². The summed E-state index contributed by atoms with van der Waals surface area (Å²) < 4.78 is 7.36. The maximum Gasteiger partial charge on any atom is 0.310 e. The first-order valence-electron chi connectivity index (χ1n) is 10.1. The summed E-state index contributed by atoms with van der Waals surface area (Å²) >= 11 is 0. The Balaban J connectivity index is 1.44. The first-order valence-corrected chi connectivity index (χ1v) is 10.1. The molecule has 0 aliphatic heterocycles. The van der Waals surface area contributed by atoms with E-state index in [9.17, 15) is 9.59 Å². The van der Waals surface area contributed by atoms with Gasteiger partial charge in [0.2, 0.25) is 0 Å². The Morgan fingerprint density at radius 1 is 1.10 bits per heavy atom. The zero-order chi connectivity index (χ0) is 20.2. The highest BCUT2D eigenvalue weighted by Crippen LogP contribution is 2.33. The van der Waals surface area contributed by atoms with Crippen molar-refractivity contribution in [2.24, 2.45) is 5.92 Å². The fraction of sp³-hybridized carbons (Fsp3) is 0.292. The van der Waals surface area contributed by atoms with Gasteiger partial charge in [-0.1, -0.05) is 49.4 Å². The number of nitrogens with zero attached hydrogens (tertiary/aromatic N) is 2. The molecule has 1 atom stereocenters. The van der Waals surface area contributed by atoms with Crippen molar-refractivity contribution < 1.29 is 14.3 Å². The molecule has 4 rings (SSSR count). The molecular weight excluding hydrogens is 364 g/mol. The molecule has 0 N–H and O–H groups in total. The number of fused-ring (bicyclic) bond motifs is 1. The van der Waals surface area contributed by atoms with Crippen molar-refractivity contribution >= 4 is 11.8 Å². The topological polar surface area (TPSA) is 61.2 Å². The summed E-state index contributed by atoms with van der Waals surface area (Å²) in [6.45, 7) is 2.56. The van der Waals surface area contributed by atoms with Crippen LogP contribution in [0.3, 0.4) is 0 Å². The molecule has 2 aromatic carbocycles. The average Bonchev–Trinajstić information content (AvgIpc) is 3.22. The first kappa shape index (κ1) is 19.1. The summed E-state index contributed by atoms with van der Waals surface area (Å²) in [6, 6.07) is 15.2. The fourth-order valence-corrected chi connectivity index (χ4v) is 3.90. The Labute approximate surface area is 170 Å². The first-order chi connectivity index (χ1) is 14.1. The molecule has 0 spiro atoms. The Morgan fingerprint density at radius 2 is 1.93 bits per heavy atom. The SMILES string of the molecule is CCC(=O)Oc1cccc2c1CCC(Cn1cc(C(=O)c3ccccc3)cn1)C2. The minimum absolute atomic E-state index is 0.00628. The van der Waals surface area contributed by atoms with E-state index in [1.54, 1.807) is 13.1 Å². The van der Waals surface area contributed by atoms with E-state index in [0.717, 1.165) is 31.4 Å². The predicted molar refractivity (Wildman–Crippen MR) is 110 cm³/mol. The molecule has 0 radical (unpaired) electrons. The zero-order valence-electron chi connectivity index (χ0n) is 16.5. The second-order valence-corrected chi connectivity index (χ2v) is 7.48. The largest absolute Gasteiger partial charge is 0.426 e. The number of benzene rings is 2. The minimum Gasteiger partial charge on any atom is -0.426 e. The van der Waals surface area contributed by atoms with Crippen LogP contribution in [0.5, 0.6) is 5.75 Å². The van der Waals surface area contributed by atoms with Crippen molar-refractivity contribution in [2.45, 2.75) is 39.2 Å². The van der Waals surface area contributed by atoms with Gasteiger partial charge < -0.3 is 4.74 Å². The van der Waals surface area contributed by atoms with E-state index in [4.69, 9.17) is 4.74 Å². The highest BCUT2D eigenvalue weighted by Gasteiger charge is 2.23. The fourth-order valence-electron chi connectivity index (χ4n) is 3.90. The molecular formula is C24H24N2O3. The maximum absolute atomic E-state index is 12.6. The van der Waals surface area contributed by atoms with Crippen LogP contribution in [0.4, 0.5) is 0 Å². The van der Waals surface area contributed by atoms with E-state index in [1.807, 2.05) is 53.3 Å². The van der Waals surface area contributed by atoms with Gasteiger partial charge in [-0.2, -0.15) is 5.10 Å². The normalized spacial score (nSPS) is 15.6. The molecule has 148 valence electrons. The lowest BCUT2D eigenvalue weighted by Crippen LogP contribution is -2.21. The number of rotatable bonds is 6. The monoisotopic (exact) mass is 388 g/mol. The second kappa shape index (κ2) is 8.43. The molecule has 1 aromatic heterocycles. The van der Waals surface area contributed by atoms with Gasteiger partial charge in [-0.15, -0.1) is 0 Å². The van der Waals surface area contributed by atoms with Crippen LogP contribution in [0, 0.1) is 5.92 Å². The Bertz CT molecular complexity index is 1020. The minimum atomic E-state index is -0.201. The van der Waals surface area contributed by atoms with E-state index < -0.39 is 0 Å². The molecule has 5 heteroatoms. The van der Waals surface area contributed by atoms with Gasteiger partial charge in [0.25, 0.3) is 0 Å². The number of hydrogen-bond acceptors (Lipinski definition) is 4. The van der Waals surface area contributed by atoms with Crippen molar-refractivity contribution in [3.05, 3.63) is 83.2 Å². The number of esters is 1. The lowest BCUT2D eigenvalue weighted by atomic mass is 9.83. The third kappa shape index (κ3) is 4.29. The summed E-state index contributed by atoms with van der Waals surface area (Å²) in [6.07, 6.45) is 6.64. The van der Waals surface area contributed by atoms with Gasteiger partial charge in [-0.05, 0) is 42.4 Å². The van der Waals surface area contributed by atoms with Crippen molar-refractivity contribution in [1.82, 2.24) is 9.78 Å². The second-order valence-electron chi connectivity index (χ2n) is 7.48. The third-order valence-electron chi connectivity index (χ3n) is 5.43. The van der Waals surface area contributed by atoms with E-state index in [0.29, 0.717) is 29.2 Å². The lowest BCUT2D eigenvalue weighted by Gasteiger charge is -2.26. The van der Waals surface area contributed by atoms with Crippen LogP contribution in [0.1, 0.15) is 46.8 Å². The third-order valence-corrected chi connectivity index (χ3v) is 5.43. The highest BCUT2D eigenvalue weighted by atomic mass is 16.5. The molecule has 0 fully saturated rings. The Kier molecular flexibility index (Phi) is 5.56. The number of hydrogen-bond donors (Lipinski definition) is 0. The number of ether oxygens (including phenoxy) is 1. The molecule has 1 aliphatic rings. The molecule has 1 unspecified atom stereocenters. The van der Waals surface area contributed by atoms with Crippen LogP contribution < -0.4 is 4.74 Å². The molecule has 0 saturated carbocycles. The van der Waals surface area contributed by atoms with Crippen molar-refractivity contribution in [2.75, 3.05) is 0 Å². The summed E-state index contributed by atoms with van der Waals surface area (Å²) in [4.78, 5) is 24.2. The van der Waals surface area contributed by atoms with E-state index in [-0.39, 0.29) is 11.8 Å². The number of aromatic nitrogens is 2.